The molecule has 3 atom stereocenters. The molecule has 2 aromatic carbocycles. The number of benzene rings is 2. The first-order chi connectivity index (χ1) is 15.8. The second kappa shape index (κ2) is 8.93. The summed E-state index contributed by atoms with van der Waals surface area (Å²) in [5.41, 5.74) is 0.164. The largest absolute Gasteiger partial charge is 0.292 e. The number of Topliss-reactive ketones (excluding diaryl/α,β-unsaturated/α-hetero) is 1. The highest BCUT2D eigenvalue weighted by atomic mass is 16.6. The fourth-order valence-corrected chi connectivity index (χ4v) is 4.61. The number of ketones is 1. The van der Waals surface area contributed by atoms with Crippen LogP contribution in [-0.2, 0) is 9.59 Å². The highest BCUT2D eigenvalue weighted by molar-refractivity contribution is 6.10. The van der Waals surface area contributed by atoms with Gasteiger partial charge in [0.05, 0.1) is 16.8 Å². The zero-order valence-corrected chi connectivity index (χ0v) is 18.0. The van der Waals surface area contributed by atoms with E-state index >= 15 is 0 Å². The molecule has 1 aliphatic heterocycles. The van der Waals surface area contributed by atoms with E-state index in [1.54, 1.807) is 30.3 Å². The van der Waals surface area contributed by atoms with Crippen LogP contribution < -0.4 is 0 Å². The van der Waals surface area contributed by atoms with Gasteiger partial charge in [-0.05, 0) is 31.9 Å². The number of hydrazine groups is 1. The van der Waals surface area contributed by atoms with E-state index in [0.717, 1.165) is 22.9 Å². The van der Waals surface area contributed by atoms with Crippen LogP contribution in [0.2, 0.25) is 0 Å². The number of amides is 3. The Hall–Kier alpha value is -3.88. The third kappa shape index (κ3) is 4.02. The molecule has 1 heterocycles. The second-order valence-electron chi connectivity index (χ2n) is 8.35. The molecule has 1 saturated carbocycles. The summed E-state index contributed by atoms with van der Waals surface area (Å²) in [6.45, 7) is 1.47. The third-order valence-electron chi connectivity index (χ3n) is 6.37. The topological polar surface area (TPSA) is 118 Å². The van der Waals surface area contributed by atoms with Crippen LogP contribution in [0.15, 0.2) is 54.6 Å². The zero-order chi connectivity index (χ0) is 23.7. The standard InChI is InChI=1S/C24H23N3O6/c1-15(21(28)16-7-3-2-4-8-16)25(22(29)17-11-13-18(14-12-17)27(32)33)26-23(30)19-9-5-6-10-20(19)24(26)31/h2-4,7-8,11-15,19-20H,5-6,9-10H2,1H3/t15-,19-,20+/m0/s1. The number of rotatable bonds is 6. The molecule has 3 amide bonds. The number of nitro benzene ring substituents is 1. The molecule has 0 radical (unpaired) electrons. The van der Waals surface area contributed by atoms with E-state index in [1.165, 1.54) is 31.2 Å². The maximum atomic E-state index is 13.5. The molecule has 1 aliphatic carbocycles. The average molecular weight is 449 g/mol. The van der Waals surface area contributed by atoms with Gasteiger partial charge >= 0.3 is 0 Å². The maximum absolute atomic E-state index is 13.5. The Morgan fingerprint density at radius 3 is 2.00 bits per heavy atom. The lowest BCUT2D eigenvalue weighted by Gasteiger charge is -2.34. The molecule has 0 bridgehead atoms. The molecule has 1 saturated heterocycles. The molecule has 2 aromatic rings. The van der Waals surface area contributed by atoms with E-state index in [2.05, 4.69) is 0 Å². The van der Waals surface area contributed by atoms with Crippen LogP contribution in [0.4, 0.5) is 5.69 Å². The van der Waals surface area contributed by atoms with Gasteiger partial charge in [0.2, 0.25) is 0 Å². The summed E-state index contributed by atoms with van der Waals surface area (Å²) in [6.07, 6.45) is 2.77. The van der Waals surface area contributed by atoms with Gasteiger partial charge in [0.1, 0.15) is 6.04 Å². The van der Waals surface area contributed by atoms with Crippen LogP contribution in [0.1, 0.15) is 53.3 Å². The molecule has 33 heavy (non-hydrogen) atoms. The molecular weight excluding hydrogens is 426 g/mol. The SMILES string of the molecule is C[C@@H](C(=O)c1ccccc1)N(C(=O)c1ccc([N+](=O)[O-])cc1)N1C(=O)[C@H]2CCCC[C@H]2C1=O. The summed E-state index contributed by atoms with van der Waals surface area (Å²) in [6, 6.07) is 12.0. The Bertz CT molecular complexity index is 1090. The first kappa shape index (κ1) is 22.3. The molecule has 9 nitrogen and oxygen atoms in total. The van der Waals surface area contributed by atoms with E-state index in [0.29, 0.717) is 18.4 Å². The summed E-state index contributed by atoms with van der Waals surface area (Å²) in [5, 5.41) is 12.8. The smallest absolute Gasteiger partial charge is 0.273 e. The number of non-ortho nitro benzene ring substituents is 1. The minimum atomic E-state index is -1.15. The number of nitro groups is 1. The van der Waals surface area contributed by atoms with Gasteiger partial charge in [-0.1, -0.05) is 43.2 Å². The number of nitrogens with zero attached hydrogens (tertiary/aromatic N) is 3. The fraction of sp³-hybridized carbons (Fsp3) is 0.333. The van der Waals surface area contributed by atoms with Crippen LogP contribution in [0.5, 0.6) is 0 Å². The Morgan fingerprint density at radius 2 is 1.48 bits per heavy atom. The Morgan fingerprint density at radius 1 is 0.939 bits per heavy atom. The van der Waals surface area contributed by atoms with Gasteiger partial charge in [-0.25, -0.2) is 5.01 Å². The summed E-state index contributed by atoms with van der Waals surface area (Å²) in [4.78, 5) is 63.6. The van der Waals surface area contributed by atoms with Gasteiger partial charge < -0.3 is 0 Å². The van der Waals surface area contributed by atoms with Crippen LogP contribution in [0.25, 0.3) is 0 Å². The van der Waals surface area contributed by atoms with Crippen molar-refractivity contribution in [2.45, 2.75) is 38.6 Å². The highest BCUT2D eigenvalue weighted by Gasteiger charge is 2.53. The summed E-state index contributed by atoms with van der Waals surface area (Å²) >= 11 is 0. The minimum absolute atomic E-state index is 0.0313. The van der Waals surface area contributed by atoms with E-state index in [4.69, 9.17) is 0 Å². The minimum Gasteiger partial charge on any atom is -0.292 e. The van der Waals surface area contributed by atoms with Gasteiger partial charge in [-0.3, -0.25) is 29.3 Å². The normalized spacial score (nSPS) is 20.8. The average Bonchev–Trinajstić information content (AvgIpc) is 3.09. The second-order valence-corrected chi connectivity index (χ2v) is 8.35. The quantitative estimate of drug-likeness (QED) is 0.289. The van der Waals surface area contributed by atoms with Gasteiger partial charge in [-0.15, -0.1) is 0 Å². The van der Waals surface area contributed by atoms with Crippen molar-refractivity contribution in [3.05, 3.63) is 75.8 Å². The lowest BCUT2D eigenvalue weighted by molar-refractivity contribution is -0.384. The monoisotopic (exact) mass is 449 g/mol. The van der Waals surface area contributed by atoms with E-state index in [1.807, 2.05) is 0 Å². The van der Waals surface area contributed by atoms with E-state index in [-0.39, 0.29) is 11.3 Å². The first-order valence-electron chi connectivity index (χ1n) is 10.9. The van der Waals surface area contributed by atoms with Gasteiger partial charge in [0.15, 0.2) is 5.78 Å². The van der Waals surface area contributed by atoms with Crippen molar-refractivity contribution in [2.24, 2.45) is 11.8 Å². The predicted molar refractivity (Wildman–Crippen MR) is 117 cm³/mol. The number of carbonyl (C=O) groups excluding carboxylic acids is 4. The Kier molecular flexibility index (Phi) is 6.04. The molecule has 0 N–H and O–H groups in total. The fourth-order valence-electron chi connectivity index (χ4n) is 4.61. The van der Waals surface area contributed by atoms with Crippen molar-refractivity contribution < 1.29 is 24.1 Å². The molecule has 9 heteroatoms. The predicted octanol–water partition coefficient (Wildman–Crippen LogP) is 3.40. The molecule has 0 aromatic heterocycles. The number of carbonyl (C=O) groups is 4. The molecule has 0 unspecified atom stereocenters. The summed E-state index contributed by atoms with van der Waals surface area (Å²) < 4.78 is 0. The van der Waals surface area contributed by atoms with Gasteiger partial charge in [0, 0.05) is 23.3 Å². The van der Waals surface area contributed by atoms with Gasteiger partial charge in [0.25, 0.3) is 23.4 Å². The van der Waals surface area contributed by atoms with Crippen molar-refractivity contribution in [3.8, 4) is 0 Å². The van der Waals surface area contributed by atoms with Gasteiger partial charge in [-0.2, -0.15) is 5.01 Å². The number of hydrogen-bond acceptors (Lipinski definition) is 6. The van der Waals surface area contributed by atoms with E-state index < -0.39 is 46.3 Å². The van der Waals surface area contributed by atoms with Crippen LogP contribution >= 0.6 is 0 Å². The number of imide groups is 1. The summed E-state index contributed by atoms with van der Waals surface area (Å²) in [5.74, 6) is -3.14. The molecule has 0 spiro atoms. The van der Waals surface area contributed by atoms with Crippen molar-refractivity contribution in [2.75, 3.05) is 0 Å². The van der Waals surface area contributed by atoms with Crippen LogP contribution in [0, 0.1) is 22.0 Å². The van der Waals surface area contributed by atoms with Crippen molar-refractivity contribution in [1.29, 1.82) is 0 Å². The van der Waals surface area contributed by atoms with Crippen molar-refractivity contribution in [3.63, 3.8) is 0 Å². The Balaban J connectivity index is 1.74. The first-order valence-corrected chi connectivity index (χ1v) is 10.9. The third-order valence-corrected chi connectivity index (χ3v) is 6.37. The summed E-state index contributed by atoms with van der Waals surface area (Å²) in [7, 11) is 0. The van der Waals surface area contributed by atoms with Crippen molar-refractivity contribution in [1.82, 2.24) is 10.0 Å². The number of fused-ring (bicyclic) bond motifs is 1. The molecule has 4 rings (SSSR count). The lowest BCUT2D eigenvalue weighted by atomic mass is 9.81. The lowest BCUT2D eigenvalue weighted by Crippen LogP contribution is -2.56. The molecule has 2 fully saturated rings. The van der Waals surface area contributed by atoms with Crippen LogP contribution in [-0.4, -0.2) is 44.5 Å². The highest BCUT2D eigenvalue weighted by Crippen LogP contribution is 2.39. The Labute approximate surface area is 190 Å². The zero-order valence-electron chi connectivity index (χ0n) is 18.0. The number of hydrogen-bond donors (Lipinski definition) is 0. The van der Waals surface area contributed by atoms with Crippen LogP contribution in [0.3, 0.4) is 0 Å². The molecular formula is C24H23N3O6. The maximum Gasteiger partial charge on any atom is 0.273 e. The molecule has 170 valence electrons. The molecule has 2 aliphatic rings. The van der Waals surface area contributed by atoms with Crippen molar-refractivity contribution >= 4 is 29.2 Å². The van der Waals surface area contributed by atoms with E-state index in [9.17, 15) is 29.3 Å².